The molecule has 1 atom stereocenters. The third-order valence-corrected chi connectivity index (χ3v) is 4.53. The number of aliphatic hydroxyl groups excluding tert-OH is 1. The van der Waals surface area contributed by atoms with Crippen molar-refractivity contribution in [2.45, 2.75) is 32.3 Å². The van der Waals surface area contributed by atoms with E-state index in [0.717, 1.165) is 25.1 Å². The molecule has 0 spiro atoms. The minimum absolute atomic E-state index is 0.0385. The van der Waals surface area contributed by atoms with Crippen LogP contribution in [0.25, 0.3) is 0 Å². The van der Waals surface area contributed by atoms with Gasteiger partial charge in [-0.1, -0.05) is 13.0 Å². The highest BCUT2D eigenvalue weighted by atomic mass is 16.3. The third-order valence-electron chi connectivity index (χ3n) is 4.53. The molecule has 3 heterocycles. The number of pyridine rings is 1. The minimum Gasteiger partial charge on any atom is -0.387 e. The lowest BCUT2D eigenvalue weighted by molar-refractivity contribution is 0.0447. The van der Waals surface area contributed by atoms with Crippen LogP contribution in [0.2, 0.25) is 0 Å². The number of hydrogen-bond donors (Lipinski definition) is 1. The molecule has 1 N–H and O–H groups in total. The number of carbonyl (C=O) groups excluding carboxylic acids is 1. The van der Waals surface area contributed by atoms with E-state index in [4.69, 9.17) is 0 Å². The van der Waals surface area contributed by atoms with E-state index < -0.39 is 6.10 Å². The zero-order chi connectivity index (χ0) is 16.9. The van der Waals surface area contributed by atoms with Gasteiger partial charge in [0.2, 0.25) is 0 Å². The van der Waals surface area contributed by atoms with Crippen LogP contribution in [0.5, 0.6) is 0 Å². The summed E-state index contributed by atoms with van der Waals surface area (Å²) >= 11 is 0. The maximum Gasteiger partial charge on any atom is 0.256 e. The molecule has 0 aliphatic carbocycles. The highest BCUT2D eigenvalue weighted by Gasteiger charge is 2.29. The van der Waals surface area contributed by atoms with Crippen molar-refractivity contribution >= 4 is 5.91 Å². The number of hydrogen-bond acceptors (Lipinski definition) is 5. The van der Waals surface area contributed by atoms with Gasteiger partial charge in [-0.15, -0.1) is 0 Å². The first-order valence-electron chi connectivity index (χ1n) is 8.38. The number of aromatic nitrogens is 3. The molecule has 0 radical (unpaired) electrons. The molecule has 6 heteroatoms. The summed E-state index contributed by atoms with van der Waals surface area (Å²) in [5, 5.41) is 10.5. The van der Waals surface area contributed by atoms with Crippen LogP contribution in [0.15, 0.2) is 36.8 Å². The highest BCUT2D eigenvalue weighted by Crippen LogP contribution is 2.30. The number of aliphatic hydroxyl groups is 1. The van der Waals surface area contributed by atoms with Crippen molar-refractivity contribution in [2.24, 2.45) is 5.92 Å². The number of likely N-dealkylation sites (tertiary alicyclic amines) is 1. The number of nitrogens with zero attached hydrogens (tertiary/aromatic N) is 4. The predicted octanol–water partition coefficient (Wildman–Crippen LogP) is 2.02. The number of carbonyl (C=O) groups is 1. The van der Waals surface area contributed by atoms with Gasteiger partial charge < -0.3 is 10.0 Å². The van der Waals surface area contributed by atoms with E-state index in [-0.39, 0.29) is 11.8 Å². The molecule has 2 aromatic rings. The lowest BCUT2D eigenvalue weighted by atomic mass is 9.89. The molecule has 2 aromatic heterocycles. The van der Waals surface area contributed by atoms with Gasteiger partial charge in [0.1, 0.15) is 5.82 Å². The first kappa shape index (κ1) is 16.5. The molecule has 1 fully saturated rings. The van der Waals surface area contributed by atoms with Gasteiger partial charge in [0.25, 0.3) is 5.91 Å². The number of piperidine rings is 1. The molecule has 126 valence electrons. The van der Waals surface area contributed by atoms with E-state index in [1.165, 1.54) is 0 Å². The molecule has 3 rings (SSSR count). The van der Waals surface area contributed by atoms with Gasteiger partial charge in [-0.3, -0.25) is 9.78 Å². The maximum absolute atomic E-state index is 12.5. The fourth-order valence-electron chi connectivity index (χ4n) is 3.04. The summed E-state index contributed by atoms with van der Waals surface area (Å²) in [4.78, 5) is 26.9. The largest absolute Gasteiger partial charge is 0.387 e. The molecular formula is C18H22N4O2. The molecule has 1 saturated heterocycles. The van der Waals surface area contributed by atoms with Crippen molar-refractivity contribution in [3.05, 3.63) is 53.9 Å². The summed E-state index contributed by atoms with van der Waals surface area (Å²) in [6, 6.07) is 5.56. The zero-order valence-electron chi connectivity index (χ0n) is 13.8. The van der Waals surface area contributed by atoms with Gasteiger partial charge in [0.05, 0.1) is 17.4 Å². The van der Waals surface area contributed by atoms with Crippen molar-refractivity contribution in [1.29, 1.82) is 0 Å². The molecule has 6 nitrogen and oxygen atoms in total. The van der Waals surface area contributed by atoms with Crippen molar-refractivity contribution in [1.82, 2.24) is 19.9 Å². The third kappa shape index (κ3) is 3.59. The van der Waals surface area contributed by atoms with Gasteiger partial charge in [-0.25, -0.2) is 9.97 Å². The SMILES string of the molecule is CCc1ncc(C(=O)N2CCC([C@H](O)c3ccccn3)CC2)cn1. The topological polar surface area (TPSA) is 79.2 Å². The fraction of sp³-hybridized carbons (Fsp3) is 0.444. The molecule has 1 amide bonds. The molecule has 1 aliphatic rings. The predicted molar refractivity (Wildman–Crippen MR) is 89.2 cm³/mol. The Morgan fingerprint density at radius 3 is 2.54 bits per heavy atom. The van der Waals surface area contributed by atoms with Crippen LogP contribution < -0.4 is 0 Å². The Bertz CT molecular complexity index is 667. The second-order valence-corrected chi connectivity index (χ2v) is 6.07. The lowest BCUT2D eigenvalue weighted by Gasteiger charge is -2.34. The van der Waals surface area contributed by atoms with E-state index in [2.05, 4.69) is 15.0 Å². The van der Waals surface area contributed by atoms with E-state index >= 15 is 0 Å². The van der Waals surface area contributed by atoms with Gasteiger partial charge in [0.15, 0.2) is 0 Å². The molecule has 0 unspecified atom stereocenters. The number of rotatable bonds is 4. The average Bonchev–Trinajstić information content (AvgIpc) is 2.68. The quantitative estimate of drug-likeness (QED) is 0.930. The van der Waals surface area contributed by atoms with Crippen LogP contribution in [0, 0.1) is 5.92 Å². The van der Waals surface area contributed by atoms with Crippen molar-refractivity contribution < 1.29 is 9.90 Å². The van der Waals surface area contributed by atoms with Crippen molar-refractivity contribution in [2.75, 3.05) is 13.1 Å². The van der Waals surface area contributed by atoms with Gasteiger partial charge in [0, 0.05) is 38.1 Å². The van der Waals surface area contributed by atoms with Gasteiger partial charge in [-0.05, 0) is 30.9 Å². The van der Waals surface area contributed by atoms with Crippen molar-refractivity contribution in [3.8, 4) is 0 Å². The zero-order valence-corrected chi connectivity index (χ0v) is 13.8. The first-order valence-corrected chi connectivity index (χ1v) is 8.38. The Hall–Kier alpha value is -2.34. The smallest absolute Gasteiger partial charge is 0.256 e. The molecule has 1 aliphatic heterocycles. The first-order chi connectivity index (χ1) is 11.7. The molecule has 0 bridgehead atoms. The van der Waals surface area contributed by atoms with Crippen LogP contribution in [-0.2, 0) is 6.42 Å². The summed E-state index contributed by atoms with van der Waals surface area (Å²) in [5.74, 6) is 0.829. The van der Waals surface area contributed by atoms with Gasteiger partial charge in [-0.2, -0.15) is 0 Å². The molecule has 0 aromatic carbocycles. The second kappa shape index (κ2) is 7.49. The minimum atomic E-state index is -0.573. The van der Waals surface area contributed by atoms with Crippen LogP contribution >= 0.6 is 0 Å². The summed E-state index contributed by atoms with van der Waals surface area (Å²) in [5.41, 5.74) is 1.22. The van der Waals surface area contributed by atoms with Crippen molar-refractivity contribution in [3.63, 3.8) is 0 Å². The van der Waals surface area contributed by atoms with Crippen LogP contribution in [0.4, 0.5) is 0 Å². The Balaban J connectivity index is 1.59. The molecular weight excluding hydrogens is 304 g/mol. The van der Waals surface area contributed by atoms with E-state index in [0.29, 0.717) is 24.3 Å². The van der Waals surface area contributed by atoms with Crippen LogP contribution in [-0.4, -0.2) is 44.0 Å². The Kier molecular flexibility index (Phi) is 5.15. The summed E-state index contributed by atoms with van der Waals surface area (Å²) in [7, 11) is 0. The maximum atomic E-state index is 12.5. The molecule has 24 heavy (non-hydrogen) atoms. The van der Waals surface area contributed by atoms with Crippen LogP contribution in [0.3, 0.4) is 0 Å². The average molecular weight is 326 g/mol. The number of amides is 1. The monoisotopic (exact) mass is 326 g/mol. The summed E-state index contributed by atoms with van der Waals surface area (Å²) in [6.45, 7) is 3.24. The van der Waals surface area contributed by atoms with Gasteiger partial charge >= 0.3 is 0 Å². The van der Waals surface area contributed by atoms with E-state index in [1.54, 1.807) is 18.6 Å². The Morgan fingerprint density at radius 2 is 1.96 bits per heavy atom. The summed E-state index contributed by atoms with van der Waals surface area (Å²) in [6.07, 6.45) is 6.60. The standard InChI is InChI=1S/C18H22N4O2/c1-2-16-20-11-14(12-21-16)18(24)22-9-6-13(7-10-22)17(23)15-5-3-4-8-19-15/h3-5,8,11-13,17,23H,2,6-7,9-10H2,1H3/t17-/m0/s1. The van der Waals surface area contributed by atoms with E-state index in [1.807, 2.05) is 30.0 Å². The van der Waals surface area contributed by atoms with E-state index in [9.17, 15) is 9.90 Å². The normalized spacial score (nSPS) is 16.8. The number of aryl methyl sites for hydroxylation is 1. The second-order valence-electron chi connectivity index (χ2n) is 6.07. The Labute approximate surface area is 141 Å². The fourth-order valence-corrected chi connectivity index (χ4v) is 3.04. The summed E-state index contributed by atoms with van der Waals surface area (Å²) < 4.78 is 0. The Morgan fingerprint density at radius 1 is 1.25 bits per heavy atom. The highest BCUT2D eigenvalue weighted by molar-refractivity contribution is 5.93. The molecule has 0 saturated carbocycles. The van der Waals surface area contributed by atoms with Crippen LogP contribution in [0.1, 0.15) is 47.7 Å². The lowest BCUT2D eigenvalue weighted by Crippen LogP contribution is -2.40.